The Morgan fingerprint density at radius 3 is 2.14 bits per heavy atom. The number of aromatic nitrogens is 2. The fourth-order valence-corrected chi connectivity index (χ4v) is 5.88. The van der Waals surface area contributed by atoms with Crippen molar-refractivity contribution in [1.82, 2.24) is 9.38 Å². The SMILES string of the molecule is COc1ccc(S(=O)(=O)Oc2ccc(-c3nc4ccc(Br)cn4c3NC(C)(C)CC(C)(C)C)cc2)cc1. The minimum absolute atomic E-state index is 0.0517. The maximum absolute atomic E-state index is 12.7. The van der Waals surface area contributed by atoms with E-state index in [4.69, 9.17) is 13.9 Å². The van der Waals surface area contributed by atoms with Crippen LogP contribution < -0.4 is 14.2 Å². The standard InChI is InChI=1S/C28H32BrN3O4S/c1-27(2,3)18-28(4,5)31-26-25(30-24-16-9-20(29)17-32(24)26)19-7-10-22(11-8-19)36-37(33,34)23-14-12-21(35-6)13-15-23/h7-17,31H,18H2,1-6H3. The predicted octanol–water partition coefficient (Wildman–Crippen LogP) is 7.17. The lowest BCUT2D eigenvalue weighted by Gasteiger charge is -2.34. The first-order chi connectivity index (χ1) is 17.3. The Morgan fingerprint density at radius 2 is 1.54 bits per heavy atom. The number of imidazole rings is 1. The number of nitrogens with one attached hydrogen (secondary N) is 1. The molecule has 9 heteroatoms. The van der Waals surface area contributed by atoms with Gasteiger partial charge in [0.2, 0.25) is 0 Å². The average molecular weight is 587 g/mol. The van der Waals surface area contributed by atoms with Gasteiger partial charge in [-0.3, -0.25) is 4.40 Å². The summed E-state index contributed by atoms with van der Waals surface area (Å²) in [7, 11) is -2.46. The van der Waals surface area contributed by atoms with Crippen molar-refractivity contribution >= 4 is 37.5 Å². The first kappa shape index (κ1) is 27.0. The Balaban J connectivity index is 1.66. The maximum atomic E-state index is 12.7. The van der Waals surface area contributed by atoms with Gasteiger partial charge < -0.3 is 14.2 Å². The summed E-state index contributed by atoms with van der Waals surface area (Å²) in [5, 5.41) is 3.72. The van der Waals surface area contributed by atoms with Gasteiger partial charge in [-0.1, -0.05) is 20.8 Å². The van der Waals surface area contributed by atoms with E-state index in [1.54, 1.807) is 24.3 Å². The van der Waals surface area contributed by atoms with Gasteiger partial charge in [0.05, 0.1) is 7.11 Å². The Hall–Kier alpha value is -3.04. The lowest BCUT2D eigenvalue weighted by atomic mass is 9.82. The van der Waals surface area contributed by atoms with E-state index in [0.29, 0.717) is 5.75 Å². The van der Waals surface area contributed by atoms with Gasteiger partial charge in [0.1, 0.15) is 33.6 Å². The smallest absolute Gasteiger partial charge is 0.339 e. The number of pyridine rings is 1. The first-order valence-corrected chi connectivity index (χ1v) is 14.1. The zero-order valence-corrected chi connectivity index (χ0v) is 24.3. The minimum atomic E-state index is -3.98. The fraction of sp³-hybridized carbons (Fsp3) is 0.321. The van der Waals surface area contributed by atoms with Crippen LogP contribution in [0.25, 0.3) is 16.9 Å². The van der Waals surface area contributed by atoms with Crippen LogP contribution in [0.5, 0.6) is 11.5 Å². The van der Waals surface area contributed by atoms with Crippen LogP contribution in [0.1, 0.15) is 41.0 Å². The van der Waals surface area contributed by atoms with E-state index >= 15 is 0 Å². The summed E-state index contributed by atoms with van der Waals surface area (Å²) in [4.78, 5) is 4.93. The molecular formula is C28H32BrN3O4S. The summed E-state index contributed by atoms with van der Waals surface area (Å²) in [6.45, 7) is 11.0. The normalized spacial score (nSPS) is 12.5. The van der Waals surface area contributed by atoms with E-state index in [1.807, 2.05) is 34.9 Å². The minimum Gasteiger partial charge on any atom is -0.497 e. The summed E-state index contributed by atoms with van der Waals surface area (Å²) >= 11 is 3.57. The van der Waals surface area contributed by atoms with Gasteiger partial charge in [-0.15, -0.1) is 0 Å². The van der Waals surface area contributed by atoms with Crippen LogP contribution in [-0.4, -0.2) is 30.5 Å². The molecule has 0 amide bonds. The molecule has 7 nitrogen and oxygen atoms in total. The van der Waals surface area contributed by atoms with Crippen molar-refractivity contribution in [3.63, 3.8) is 0 Å². The molecule has 0 spiro atoms. The third-order valence-corrected chi connectivity index (χ3v) is 7.42. The molecule has 0 fully saturated rings. The zero-order valence-electron chi connectivity index (χ0n) is 21.9. The van der Waals surface area contributed by atoms with Crippen LogP contribution in [0.3, 0.4) is 0 Å². The lowest BCUT2D eigenvalue weighted by Crippen LogP contribution is -2.36. The quantitative estimate of drug-likeness (QED) is 0.221. The van der Waals surface area contributed by atoms with E-state index in [-0.39, 0.29) is 21.6 Å². The number of nitrogens with zero attached hydrogens (tertiary/aromatic N) is 2. The van der Waals surface area contributed by atoms with E-state index in [1.165, 1.54) is 19.2 Å². The molecular weight excluding hydrogens is 554 g/mol. The molecule has 2 heterocycles. The number of hydrogen-bond donors (Lipinski definition) is 1. The average Bonchev–Trinajstić information content (AvgIpc) is 3.14. The highest BCUT2D eigenvalue weighted by Crippen LogP contribution is 2.36. The van der Waals surface area contributed by atoms with Gasteiger partial charge >= 0.3 is 10.1 Å². The third-order valence-electron chi connectivity index (χ3n) is 5.69. The van der Waals surface area contributed by atoms with Gasteiger partial charge in [-0.25, -0.2) is 4.98 Å². The number of methoxy groups -OCH3 is 1. The predicted molar refractivity (Wildman–Crippen MR) is 151 cm³/mol. The van der Waals surface area contributed by atoms with Gasteiger partial charge in [0.25, 0.3) is 0 Å². The fourth-order valence-electron chi connectivity index (χ4n) is 4.62. The second-order valence-corrected chi connectivity index (χ2v) is 13.3. The van der Waals surface area contributed by atoms with Crippen molar-refractivity contribution in [2.24, 2.45) is 5.41 Å². The van der Waals surface area contributed by atoms with Crippen molar-refractivity contribution in [1.29, 1.82) is 0 Å². The molecule has 37 heavy (non-hydrogen) atoms. The number of rotatable bonds is 8. The van der Waals surface area contributed by atoms with Crippen LogP contribution >= 0.6 is 15.9 Å². The van der Waals surface area contributed by atoms with Crippen molar-refractivity contribution < 1.29 is 17.3 Å². The summed E-state index contributed by atoms with van der Waals surface area (Å²) in [5.41, 5.74) is 2.33. The molecule has 0 atom stereocenters. The summed E-state index contributed by atoms with van der Waals surface area (Å²) in [6.07, 6.45) is 2.93. The highest BCUT2D eigenvalue weighted by atomic mass is 79.9. The Bertz CT molecular complexity index is 1500. The van der Waals surface area contributed by atoms with Crippen molar-refractivity contribution in [3.05, 3.63) is 71.3 Å². The lowest BCUT2D eigenvalue weighted by molar-refractivity contribution is 0.302. The monoisotopic (exact) mass is 585 g/mol. The van der Waals surface area contributed by atoms with Crippen LogP contribution in [0.15, 0.2) is 76.2 Å². The second-order valence-electron chi connectivity index (χ2n) is 10.9. The molecule has 0 unspecified atom stereocenters. The number of ether oxygens (including phenoxy) is 1. The van der Waals surface area contributed by atoms with Crippen molar-refractivity contribution in [3.8, 4) is 22.8 Å². The maximum Gasteiger partial charge on any atom is 0.339 e. The molecule has 4 aromatic rings. The summed E-state index contributed by atoms with van der Waals surface area (Å²) in [5.74, 6) is 1.65. The Morgan fingerprint density at radius 1 is 0.919 bits per heavy atom. The molecule has 196 valence electrons. The molecule has 0 saturated carbocycles. The third kappa shape index (κ3) is 6.45. The Labute approximate surface area is 227 Å². The highest BCUT2D eigenvalue weighted by molar-refractivity contribution is 9.10. The second kappa shape index (κ2) is 10.0. The topological polar surface area (TPSA) is 81.9 Å². The van der Waals surface area contributed by atoms with Crippen LogP contribution in [0.2, 0.25) is 0 Å². The van der Waals surface area contributed by atoms with Crippen LogP contribution in [-0.2, 0) is 10.1 Å². The molecule has 0 bridgehead atoms. The van der Waals surface area contributed by atoms with Crippen LogP contribution in [0.4, 0.5) is 5.82 Å². The van der Waals surface area contributed by atoms with E-state index < -0.39 is 10.1 Å². The van der Waals surface area contributed by atoms with Crippen molar-refractivity contribution in [2.45, 2.75) is 51.5 Å². The first-order valence-electron chi connectivity index (χ1n) is 11.9. The number of anilines is 1. The molecule has 0 aliphatic carbocycles. The molecule has 4 rings (SSSR count). The number of fused-ring (bicyclic) bond motifs is 1. The largest absolute Gasteiger partial charge is 0.497 e. The highest BCUT2D eigenvalue weighted by Gasteiger charge is 2.28. The van der Waals surface area contributed by atoms with Gasteiger partial charge in [-0.2, -0.15) is 8.42 Å². The summed E-state index contributed by atoms with van der Waals surface area (Å²) in [6, 6.07) is 16.9. The molecule has 1 N–H and O–H groups in total. The van der Waals surface area contributed by atoms with E-state index in [9.17, 15) is 8.42 Å². The molecule has 2 aromatic carbocycles. The van der Waals surface area contributed by atoms with E-state index in [2.05, 4.69) is 55.9 Å². The van der Waals surface area contributed by atoms with E-state index in [0.717, 1.165) is 33.6 Å². The number of benzene rings is 2. The van der Waals surface area contributed by atoms with Gasteiger partial charge in [0, 0.05) is 21.8 Å². The van der Waals surface area contributed by atoms with Crippen molar-refractivity contribution in [2.75, 3.05) is 12.4 Å². The van der Waals surface area contributed by atoms with Gasteiger partial charge in [0.15, 0.2) is 0 Å². The van der Waals surface area contributed by atoms with Crippen LogP contribution in [0, 0.1) is 5.41 Å². The number of halogens is 1. The number of hydrogen-bond acceptors (Lipinski definition) is 6. The van der Waals surface area contributed by atoms with Gasteiger partial charge in [-0.05, 0) is 102 Å². The Kier molecular flexibility index (Phi) is 7.32. The molecule has 0 aliphatic heterocycles. The molecule has 2 aromatic heterocycles. The molecule has 0 radical (unpaired) electrons. The molecule has 0 saturated heterocycles. The molecule has 0 aliphatic rings. The zero-order chi connectivity index (χ0) is 27.0. The summed E-state index contributed by atoms with van der Waals surface area (Å²) < 4.78 is 38.9.